The SMILES string of the molecule is CC1(C(=O)N2CCN(c3ccccc3)CC2)CCCNC1.Cl.Cl. The Labute approximate surface area is 151 Å². The fourth-order valence-corrected chi connectivity index (χ4v) is 3.43. The summed E-state index contributed by atoms with van der Waals surface area (Å²) in [4.78, 5) is 17.2. The van der Waals surface area contributed by atoms with Crippen molar-refractivity contribution >= 4 is 36.4 Å². The third kappa shape index (κ3) is 4.52. The number of anilines is 1. The summed E-state index contributed by atoms with van der Waals surface area (Å²) in [5.74, 6) is 0.336. The predicted octanol–water partition coefficient (Wildman–Crippen LogP) is 2.57. The van der Waals surface area contributed by atoms with Gasteiger partial charge in [0.25, 0.3) is 0 Å². The van der Waals surface area contributed by atoms with Gasteiger partial charge in [-0.05, 0) is 38.4 Å². The minimum Gasteiger partial charge on any atom is -0.368 e. The van der Waals surface area contributed by atoms with Crippen molar-refractivity contribution in [2.45, 2.75) is 19.8 Å². The zero-order valence-electron chi connectivity index (χ0n) is 13.7. The fourth-order valence-electron chi connectivity index (χ4n) is 3.43. The highest BCUT2D eigenvalue weighted by Crippen LogP contribution is 2.28. The Kier molecular flexibility index (Phi) is 7.65. The number of piperidine rings is 1. The molecular weight excluding hydrogens is 333 g/mol. The van der Waals surface area contributed by atoms with E-state index in [1.54, 1.807) is 0 Å². The summed E-state index contributed by atoms with van der Waals surface area (Å²) >= 11 is 0. The van der Waals surface area contributed by atoms with Crippen LogP contribution >= 0.6 is 24.8 Å². The first kappa shape index (κ1) is 20.1. The largest absolute Gasteiger partial charge is 0.368 e. The van der Waals surface area contributed by atoms with Crippen LogP contribution in [0.15, 0.2) is 30.3 Å². The zero-order valence-corrected chi connectivity index (χ0v) is 15.3. The third-order valence-electron chi connectivity index (χ3n) is 4.80. The highest BCUT2D eigenvalue weighted by Gasteiger charge is 2.38. The molecule has 2 saturated heterocycles. The van der Waals surface area contributed by atoms with Crippen LogP contribution < -0.4 is 10.2 Å². The average molecular weight is 360 g/mol. The Morgan fingerprint density at radius 2 is 1.74 bits per heavy atom. The predicted molar refractivity (Wildman–Crippen MR) is 99.9 cm³/mol. The van der Waals surface area contributed by atoms with Crippen molar-refractivity contribution in [3.05, 3.63) is 30.3 Å². The Morgan fingerprint density at radius 1 is 1.09 bits per heavy atom. The number of piperazine rings is 1. The van der Waals surface area contributed by atoms with Crippen molar-refractivity contribution in [1.29, 1.82) is 0 Å². The highest BCUT2D eigenvalue weighted by atomic mass is 35.5. The maximum absolute atomic E-state index is 12.8. The maximum Gasteiger partial charge on any atom is 0.229 e. The smallest absolute Gasteiger partial charge is 0.229 e. The van der Waals surface area contributed by atoms with Gasteiger partial charge in [-0.15, -0.1) is 24.8 Å². The van der Waals surface area contributed by atoms with Gasteiger partial charge < -0.3 is 15.1 Å². The van der Waals surface area contributed by atoms with E-state index in [0.29, 0.717) is 5.91 Å². The molecule has 1 amide bonds. The van der Waals surface area contributed by atoms with Crippen molar-refractivity contribution in [2.75, 3.05) is 44.2 Å². The van der Waals surface area contributed by atoms with Crippen molar-refractivity contribution in [3.63, 3.8) is 0 Å². The number of halogens is 2. The number of para-hydroxylation sites is 1. The molecule has 0 saturated carbocycles. The standard InChI is InChI=1S/C17H25N3O.2ClH/c1-17(8-5-9-18-14-17)16(21)20-12-10-19(11-13-20)15-6-3-2-4-7-15;;/h2-4,6-7,18H,5,8-14H2,1H3;2*1H. The molecule has 0 aliphatic carbocycles. The van der Waals surface area contributed by atoms with E-state index >= 15 is 0 Å². The van der Waals surface area contributed by atoms with Crippen LogP contribution in [0.4, 0.5) is 5.69 Å². The number of carbonyl (C=O) groups is 1. The van der Waals surface area contributed by atoms with Crippen LogP contribution in [0, 0.1) is 5.41 Å². The first-order chi connectivity index (χ1) is 10.2. The molecule has 2 aliphatic rings. The van der Waals surface area contributed by atoms with Crippen molar-refractivity contribution in [1.82, 2.24) is 10.2 Å². The summed E-state index contributed by atoms with van der Waals surface area (Å²) in [6.07, 6.45) is 2.12. The van der Waals surface area contributed by atoms with Gasteiger partial charge >= 0.3 is 0 Å². The highest BCUT2D eigenvalue weighted by molar-refractivity contribution is 5.85. The maximum atomic E-state index is 12.8. The second-order valence-corrected chi connectivity index (χ2v) is 6.46. The number of amides is 1. The minimum absolute atomic E-state index is 0. The van der Waals surface area contributed by atoms with Crippen LogP contribution in [0.25, 0.3) is 0 Å². The van der Waals surface area contributed by atoms with Crippen LogP contribution in [0.2, 0.25) is 0 Å². The minimum atomic E-state index is -0.201. The quantitative estimate of drug-likeness (QED) is 0.881. The first-order valence-electron chi connectivity index (χ1n) is 7.99. The molecule has 3 rings (SSSR count). The molecule has 130 valence electrons. The molecule has 2 heterocycles. The van der Waals surface area contributed by atoms with Crippen LogP contribution in [0.5, 0.6) is 0 Å². The number of nitrogens with one attached hydrogen (secondary N) is 1. The number of benzene rings is 1. The molecule has 0 bridgehead atoms. The average Bonchev–Trinajstić information content (AvgIpc) is 2.56. The van der Waals surface area contributed by atoms with Gasteiger partial charge in [-0.2, -0.15) is 0 Å². The van der Waals surface area contributed by atoms with Crippen LogP contribution in [-0.2, 0) is 4.79 Å². The Hall–Kier alpha value is -0.970. The summed E-state index contributed by atoms with van der Waals surface area (Å²) in [5.41, 5.74) is 1.06. The van der Waals surface area contributed by atoms with Gasteiger partial charge in [0.05, 0.1) is 5.41 Å². The zero-order chi connectivity index (χ0) is 14.7. The summed E-state index contributed by atoms with van der Waals surface area (Å²) in [6.45, 7) is 7.52. The van der Waals surface area contributed by atoms with Crippen molar-refractivity contribution in [3.8, 4) is 0 Å². The summed E-state index contributed by atoms with van der Waals surface area (Å²) in [7, 11) is 0. The van der Waals surface area contributed by atoms with Gasteiger partial charge in [-0.3, -0.25) is 4.79 Å². The van der Waals surface area contributed by atoms with Gasteiger partial charge in [0, 0.05) is 38.4 Å². The second-order valence-electron chi connectivity index (χ2n) is 6.46. The molecule has 6 heteroatoms. The number of carbonyl (C=O) groups excluding carboxylic acids is 1. The van der Waals surface area contributed by atoms with E-state index in [4.69, 9.17) is 0 Å². The van der Waals surface area contributed by atoms with Gasteiger partial charge in [0.15, 0.2) is 0 Å². The normalized spacial score (nSPS) is 24.4. The third-order valence-corrected chi connectivity index (χ3v) is 4.80. The molecule has 0 spiro atoms. The fraction of sp³-hybridized carbons (Fsp3) is 0.588. The van der Waals surface area contributed by atoms with E-state index in [9.17, 15) is 4.79 Å². The molecule has 4 nitrogen and oxygen atoms in total. The molecule has 1 unspecified atom stereocenters. The molecule has 1 aromatic rings. The van der Waals surface area contributed by atoms with Gasteiger partial charge in [-0.25, -0.2) is 0 Å². The molecule has 1 atom stereocenters. The molecule has 1 aromatic carbocycles. The number of rotatable bonds is 2. The monoisotopic (exact) mass is 359 g/mol. The van der Waals surface area contributed by atoms with Gasteiger partial charge in [-0.1, -0.05) is 18.2 Å². The summed E-state index contributed by atoms with van der Waals surface area (Å²) in [6, 6.07) is 10.5. The van der Waals surface area contributed by atoms with Crippen LogP contribution in [0.1, 0.15) is 19.8 Å². The van der Waals surface area contributed by atoms with Crippen molar-refractivity contribution < 1.29 is 4.79 Å². The topological polar surface area (TPSA) is 35.6 Å². The Morgan fingerprint density at radius 3 is 2.30 bits per heavy atom. The molecule has 2 aliphatic heterocycles. The van der Waals surface area contributed by atoms with E-state index in [1.165, 1.54) is 5.69 Å². The lowest BCUT2D eigenvalue weighted by Gasteiger charge is -2.42. The molecule has 2 fully saturated rings. The molecule has 0 aromatic heterocycles. The van der Waals surface area contributed by atoms with Crippen molar-refractivity contribution in [2.24, 2.45) is 5.41 Å². The molecule has 23 heavy (non-hydrogen) atoms. The lowest BCUT2D eigenvalue weighted by Crippen LogP contribution is -2.55. The summed E-state index contributed by atoms with van der Waals surface area (Å²) in [5, 5.41) is 3.37. The van der Waals surface area contributed by atoms with E-state index in [1.807, 2.05) is 6.07 Å². The van der Waals surface area contributed by atoms with Crippen LogP contribution in [0.3, 0.4) is 0 Å². The summed E-state index contributed by atoms with van der Waals surface area (Å²) < 4.78 is 0. The van der Waals surface area contributed by atoms with E-state index < -0.39 is 0 Å². The number of hydrogen-bond donors (Lipinski definition) is 1. The second kappa shape index (κ2) is 8.76. The van der Waals surface area contributed by atoms with Gasteiger partial charge in [0.1, 0.15) is 0 Å². The van der Waals surface area contributed by atoms with Gasteiger partial charge in [0.2, 0.25) is 5.91 Å². The molecule has 0 radical (unpaired) electrons. The Bertz CT molecular complexity index is 484. The number of nitrogens with zero attached hydrogens (tertiary/aromatic N) is 2. The molecular formula is C17H27Cl2N3O. The number of hydrogen-bond acceptors (Lipinski definition) is 3. The van der Waals surface area contributed by atoms with E-state index in [-0.39, 0.29) is 30.2 Å². The lowest BCUT2D eigenvalue weighted by molar-refractivity contribution is -0.142. The van der Waals surface area contributed by atoms with Crippen LogP contribution in [-0.4, -0.2) is 50.1 Å². The van der Waals surface area contributed by atoms with E-state index in [0.717, 1.165) is 52.1 Å². The Balaban J connectivity index is 0.00000132. The first-order valence-corrected chi connectivity index (χ1v) is 7.99. The van der Waals surface area contributed by atoms with E-state index in [2.05, 4.69) is 46.3 Å². The lowest BCUT2D eigenvalue weighted by atomic mass is 9.81. The molecule has 1 N–H and O–H groups in total.